The fourth-order valence-corrected chi connectivity index (χ4v) is 3.93. The van der Waals surface area contributed by atoms with Crippen molar-refractivity contribution in [2.75, 3.05) is 6.54 Å². The summed E-state index contributed by atoms with van der Waals surface area (Å²) in [4.78, 5) is 17.0. The highest BCUT2D eigenvalue weighted by Gasteiger charge is 2.32. The van der Waals surface area contributed by atoms with Crippen molar-refractivity contribution in [3.05, 3.63) is 80.9 Å². The van der Waals surface area contributed by atoms with Crippen LogP contribution in [0.15, 0.2) is 47.3 Å². The molecule has 0 spiro atoms. The number of alkyl halides is 3. The number of fused-ring (bicyclic) bond motifs is 1. The van der Waals surface area contributed by atoms with Crippen LogP contribution in [-0.2, 0) is 25.4 Å². The Morgan fingerprint density at radius 3 is 2.73 bits per heavy atom. The number of benzene rings is 1. The van der Waals surface area contributed by atoms with Crippen LogP contribution in [-0.4, -0.2) is 27.4 Å². The molecular formula is C22H23F3N4O. The SMILES string of the molecule is Cc1cc(C(F)(F)F)cc(-n2[nH]c3c(c2=O)CC(NCCc2ccccc2)CC3)n1. The summed E-state index contributed by atoms with van der Waals surface area (Å²) in [6.07, 6.45) is -1.53. The second-order valence-electron chi connectivity index (χ2n) is 7.69. The zero-order valence-electron chi connectivity index (χ0n) is 16.6. The Hall–Kier alpha value is -2.87. The summed E-state index contributed by atoms with van der Waals surface area (Å²) in [6.45, 7) is 2.29. The third kappa shape index (κ3) is 4.33. The Bertz CT molecular complexity index is 1090. The molecule has 0 radical (unpaired) electrons. The molecule has 0 aliphatic heterocycles. The van der Waals surface area contributed by atoms with E-state index < -0.39 is 11.7 Å². The van der Waals surface area contributed by atoms with Crippen molar-refractivity contribution in [2.45, 2.75) is 44.8 Å². The summed E-state index contributed by atoms with van der Waals surface area (Å²) >= 11 is 0. The van der Waals surface area contributed by atoms with Gasteiger partial charge in [0.15, 0.2) is 5.82 Å². The smallest absolute Gasteiger partial charge is 0.313 e. The van der Waals surface area contributed by atoms with Gasteiger partial charge in [-0.25, -0.2) is 9.67 Å². The summed E-state index contributed by atoms with van der Waals surface area (Å²) in [5, 5.41) is 6.47. The van der Waals surface area contributed by atoms with Crippen molar-refractivity contribution < 1.29 is 13.2 Å². The highest BCUT2D eigenvalue weighted by molar-refractivity contribution is 5.34. The summed E-state index contributed by atoms with van der Waals surface area (Å²) in [5.41, 5.74) is 1.71. The Labute approximate surface area is 171 Å². The number of halogens is 3. The molecule has 30 heavy (non-hydrogen) atoms. The molecule has 1 atom stereocenters. The number of aromatic nitrogens is 3. The summed E-state index contributed by atoms with van der Waals surface area (Å²) in [6, 6.07) is 12.2. The van der Waals surface area contributed by atoms with E-state index in [9.17, 15) is 18.0 Å². The number of aromatic amines is 1. The molecule has 1 aliphatic carbocycles. The fraction of sp³-hybridized carbons (Fsp3) is 0.364. The number of nitrogens with zero attached hydrogens (tertiary/aromatic N) is 2. The van der Waals surface area contributed by atoms with Crippen LogP contribution in [0.4, 0.5) is 13.2 Å². The van der Waals surface area contributed by atoms with E-state index in [1.165, 1.54) is 12.5 Å². The van der Waals surface area contributed by atoms with E-state index >= 15 is 0 Å². The molecule has 3 aromatic rings. The number of hydrogen-bond donors (Lipinski definition) is 2. The average Bonchev–Trinajstić information content (AvgIpc) is 3.04. The van der Waals surface area contributed by atoms with Crippen molar-refractivity contribution >= 4 is 0 Å². The lowest BCUT2D eigenvalue weighted by Crippen LogP contribution is -2.37. The van der Waals surface area contributed by atoms with Crippen LogP contribution < -0.4 is 10.9 Å². The zero-order valence-corrected chi connectivity index (χ0v) is 16.6. The second-order valence-corrected chi connectivity index (χ2v) is 7.69. The summed E-state index contributed by atoms with van der Waals surface area (Å²) in [5.74, 6) is -0.0321. The maximum absolute atomic E-state index is 13.1. The van der Waals surface area contributed by atoms with Crippen LogP contribution in [0.25, 0.3) is 5.82 Å². The summed E-state index contributed by atoms with van der Waals surface area (Å²) in [7, 11) is 0. The first-order chi connectivity index (χ1) is 14.3. The lowest BCUT2D eigenvalue weighted by Gasteiger charge is -2.22. The first-order valence-electron chi connectivity index (χ1n) is 9.97. The third-order valence-corrected chi connectivity index (χ3v) is 5.45. The molecule has 8 heteroatoms. The number of hydrogen-bond acceptors (Lipinski definition) is 3. The van der Waals surface area contributed by atoms with Gasteiger partial charge >= 0.3 is 6.18 Å². The molecular weight excluding hydrogens is 393 g/mol. The first-order valence-corrected chi connectivity index (χ1v) is 9.97. The topological polar surface area (TPSA) is 62.7 Å². The largest absolute Gasteiger partial charge is 0.416 e. The van der Waals surface area contributed by atoms with Crippen LogP contribution in [0.1, 0.15) is 34.5 Å². The van der Waals surface area contributed by atoms with E-state index in [2.05, 4.69) is 27.5 Å². The fourth-order valence-electron chi connectivity index (χ4n) is 3.93. The van der Waals surface area contributed by atoms with E-state index in [0.717, 1.165) is 41.9 Å². The molecule has 5 nitrogen and oxygen atoms in total. The summed E-state index contributed by atoms with van der Waals surface area (Å²) < 4.78 is 40.6. The molecule has 0 amide bonds. The molecule has 2 heterocycles. The monoisotopic (exact) mass is 416 g/mol. The number of rotatable bonds is 5. The third-order valence-electron chi connectivity index (χ3n) is 5.45. The Morgan fingerprint density at radius 2 is 2.00 bits per heavy atom. The molecule has 0 saturated heterocycles. The van der Waals surface area contributed by atoms with E-state index in [4.69, 9.17) is 0 Å². The molecule has 0 bridgehead atoms. The number of nitrogens with one attached hydrogen (secondary N) is 2. The molecule has 1 aromatic carbocycles. The van der Waals surface area contributed by atoms with Gasteiger partial charge in [-0.1, -0.05) is 30.3 Å². The van der Waals surface area contributed by atoms with E-state index in [-0.39, 0.29) is 23.1 Å². The van der Waals surface area contributed by atoms with Crippen molar-refractivity contribution in [3.63, 3.8) is 0 Å². The Balaban J connectivity index is 1.51. The van der Waals surface area contributed by atoms with Gasteiger partial charge in [-0.3, -0.25) is 9.89 Å². The highest BCUT2D eigenvalue weighted by Crippen LogP contribution is 2.30. The Kier molecular flexibility index (Phi) is 5.51. The standard InChI is InChI=1S/C22H23F3N4O/c1-14-11-16(22(23,24)25)12-20(27-14)29-21(30)18-13-17(7-8-19(18)28-29)26-10-9-15-5-3-2-4-6-15/h2-6,11-12,17,26,28H,7-10,13H2,1H3. The van der Waals surface area contributed by atoms with Crippen molar-refractivity contribution in [3.8, 4) is 5.82 Å². The molecule has 0 fully saturated rings. The van der Waals surface area contributed by atoms with Crippen molar-refractivity contribution in [2.24, 2.45) is 0 Å². The zero-order chi connectivity index (χ0) is 21.3. The Morgan fingerprint density at radius 1 is 1.23 bits per heavy atom. The minimum Gasteiger partial charge on any atom is -0.313 e. The number of pyridine rings is 1. The van der Waals surface area contributed by atoms with Gasteiger partial charge in [0.05, 0.1) is 5.56 Å². The van der Waals surface area contributed by atoms with Gasteiger partial charge in [0.25, 0.3) is 5.56 Å². The predicted octanol–water partition coefficient (Wildman–Crippen LogP) is 3.58. The lowest BCUT2D eigenvalue weighted by atomic mass is 9.93. The van der Waals surface area contributed by atoms with Gasteiger partial charge in [0, 0.05) is 23.0 Å². The quantitative estimate of drug-likeness (QED) is 0.668. The molecule has 2 N–H and O–H groups in total. The highest BCUT2D eigenvalue weighted by atomic mass is 19.4. The van der Waals surface area contributed by atoms with Crippen LogP contribution >= 0.6 is 0 Å². The molecule has 1 aliphatic rings. The minimum absolute atomic E-state index is 0.0321. The van der Waals surface area contributed by atoms with Gasteiger partial charge in [0.1, 0.15) is 0 Å². The predicted molar refractivity (Wildman–Crippen MR) is 108 cm³/mol. The molecule has 4 rings (SSSR count). The minimum atomic E-state index is -4.49. The maximum Gasteiger partial charge on any atom is 0.416 e. The van der Waals surface area contributed by atoms with Gasteiger partial charge in [-0.2, -0.15) is 13.2 Å². The molecule has 1 unspecified atom stereocenters. The van der Waals surface area contributed by atoms with Crippen molar-refractivity contribution in [1.82, 2.24) is 20.1 Å². The first kappa shape index (κ1) is 20.4. The van der Waals surface area contributed by atoms with Gasteiger partial charge < -0.3 is 5.32 Å². The number of H-pyrrole nitrogens is 1. The second kappa shape index (κ2) is 8.10. The van der Waals surface area contributed by atoms with Crippen LogP contribution in [0.2, 0.25) is 0 Å². The van der Waals surface area contributed by atoms with Gasteiger partial charge in [0.2, 0.25) is 0 Å². The van der Waals surface area contributed by atoms with E-state index in [0.29, 0.717) is 18.4 Å². The average molecular weight is 416 g/mol. The molecule has 0 saturated carbocycles. The van der Waals surface area contributed by atoms with Crippen LogP contribution in [0, 0.1) is 6.92 Å². The normalized spacial score (nSPS) is 16.5. The molecule has 158 valence electrons. The maximum atomic E-state index is 13.1. The van der Waals surface area contributed by atoms with E-state index in [1.807, 2.05) is 18.2 Å². The van der Waals surface area contributed by atoms with E-state index in [1.54, 1.807) is 0 Å². The van der Waals surface area contributed by atoms with Crippen LogP contribution in [0.3, 0.4) is 0 Å². The van der Waals surface area contributed by atoms with Gasteiger partial charge in [-0.15, -0.1) is 0 Å². The van der Waals surface area contributed by atoms with Gasteiger partial charge in [-0.05, 0) is 56.8 Å². The lowest BCUT2D eigenvalue weighted by molar-refractivity contribution is -0.137. The number of aryl methyl sites for hydroxylation is 2. The molecule has 2 aromatic heterocycles. The van der Waals surface area contributed by atoms with Crippen LogP contribution in [0.5, 0.6) is 0 Å². The van der Waals surface area contributed by atoms with Crippen molar-refractivity contribution in [1.29, 1.82) is 0 Å².